The molecule has 0 fully saturated rings. The highest BCUT2D eigenvalue weighted by Gasteiger charge is 2.11. The molecule has 1 aliphatic heterocycles. The maximum Gasteiger partial charge on any atom is 0.195 e. The number of aromatic nitrogens is 1. The molecular formula is C23H25IN4O2. The summed E-state index contributed by atoms with van der Waals surface area (Å²) >= 11 is 0. The standard InChI is InChI=1S/C23H24N4O2.HI/c1-24-23(27-19-9-10-21-22(15-19)29-13-5-12-28-21)26-16-17-6-4-7-18(14-17)20-8-2-3-11-25-20;/h2-4,6-11,14-15H,5,12-13,16H2,1H3,(H2,24,26,27);1H. The molecule has 0 aliphatic carbocycles. The minimum atomic E-state index is 0. The Morgan fingerprint density at radius 1 is 1.00 bits per heavy atom. The SMILES string of the molecule is CN=C(NCc1cccc(-c2ccccn2)c1)Nc1ccc2c(c1)OCCCO2.I. The number of rotatable bonds is 4. The lowest BCUT2D eigenvalue weighted by molar-refractivity contribution is 0.297. The predicted molar refractivity (Wildman–Crippen MR) is 131 cm³/mol. The van der Waals surface area contributed by atoms with Gasteiger partial charge in [-0.3, -0.25) is 9.98 Å². The van der Waals surface area contributed by atoms with Crippen LogP contribution in [0.4, 0.5) is 5.69 Å². The van der Waals surface area contributed by atoms with E-state index in [1.54, 1.807) is 13.2 Å². The van der Waals surface area contributed by atoms with Crippen LogP contribution >= 0.6 is 24.0 Å². The Morgan fingerprint density at radius 2 is 1.87 bits per heavy atom. The quantitative estimate of drug-likeness (QED) is 0.299. The number of halogens is 1. The lowest BCUT2D eigenvalue weighted by Crippen LogP contribution is -2.30. The van der Waals surface area contributed by atoms with Gasteiger partial charge in [0.05, 0.1) is 18.9 Å². The highest BCUT2D eigenvalue weighted by molar-refractivity contribution is 14.0. The Kier molecular flexibility index (Phi) is 7.89. The lowest BCUT2D eigenvalue weighted by Gasteiger charge is -2.14. The molecule has 2 N–H and O–H groups in total. The predicted octanol–water partition coefficient (Wildman–Crippen LogP) is 4.72. The van der Waals surface area contributed by atoms with Crippen molar-refractivity contribution < 1.29 is 9.47 Å². The molecule has 1 aromatic heterocycles. The molecule has 2 aromatic carbocycles. The molecule has 30 heavy (non-hydrogen) atoms. The number of hydrogen-bond donors (Lipinski definition) is 2. The van der Waals surface area contributed by atoms with Crippen molar-refractivity contribution >= 4 is 35.6 Å². The number of anilines is 1. The molecule has 156 valence electrons. The second kappa shape index (κ2) is 10.8. The molecular weight excluding hydrogens is 491 g/mol. The lowest BCUT2D eigenvalue weighted by atomic mass is 10.1. The molecule has 0 bridgehead atoms. The second-order valence-corrected chi connectivity index (χ2v) is 6.68. The maximum atomic E-state index is 5.76. The van der Waals surface area contributed by atoms with E-state index in [9.17, 15) is 0 Å². The van der Waals surface area contributed by atoms with Gasteiger partial charge in [0.25, 0.3) is 0 Å². The first-order valence-corrected chi connectivity index (χ1v) is 9.69. The van der Waals surface area contributed by atoms with Crippen LogP contribution in [0.15, 0.2) is 71.9 Å². The van der Waals surface area contributed by atoms with Crippen molar-refractivity contribution in [2.45, 2.75) is 13.0 Å². The van der Waals surface area contributed by atoms with Gasteiger partial charge >= 0.3 is 0 Å². The molecule has 6 nitrogen and oxygen atoms in total. The van der Waals surface area contributed by atoms with Gasteiger partial charge < -0.3 is 20.1 Å². The van der Waals surface area contributed by atoms with Gasteiger partial charge in [0.2, 0.25) is 0 Å². The molecule has 2 heterocycles. The topological polar surface area (TPSA) is 67.8 Å². The number of ether oxygens (including phenoxy) is 2. The largest absolute Gasteiger partial charge is 0.490 e. The maximum absolute atomic E-state index is 5.76. The summed E-state index contributed by atoms with van der Waals surface area (Å²) in [4.78, 5) is 8.74. The van der Waals surface area contributed by atoms with E-state index in [4.69, 9.17) is 9.47 Å². The van der Waals surface area contributed by atoms with E-state index >= 15 is 0 Å². The summed E-state index contributed by atoms with van der Waals surface area (Å²) in [5.41, 5.74) is 4.10. The molecule has 0 unspecified atom stereocenters. The van der Waals surface area contributed by atoms with E-state index in [2.05, 4.69) is 38.8 Å². The van der Waals surface area contributed by atoms with E-state index in [0.29, 0.717) is 25.7 Å². The third-order valence-corrected chi connectivity index (χ3v) is 4.58. The Balaban J connectivity index is 0.00000256. The number of benzene rings is 2. The highest BCUT2D eigenvalue weighted by Crippen LogP contribution is 2.32. The Labute approximate surface area is 193 Å². The fraction of sp³-hybridized carbons (Fsp3) is 0.217. The van der Waals surface area contributed by atoms with E-state index < -0.39 is 0 Å². The number of nitrogens with one attached hydrogen (secondary N) is 2. The molecule has 1 aliphatic rings. The zero-order chi connectivity index (χ0) is 19.9. The molecule has 0 saturated carbocycles. The van der Waals surface area contributed by atoms with Crippen molar-refractivity contribution in [3.8, 4) is 22.8 Å². The molecule has 0 spiro atoms. The first kappa shape index (κ1) is 21.9. The fourth-order valence-electron chi connectivity index (χ4n) is 3.12. The van der Waals surface area contributed by atoms with Gasteiger partial charge in [0.15, 0.2) is 17.5 Å². The van der Waals surface area contributed by atoms with Crippen LogP contribution in [0.25, 0.3) is 11.3 Å². The Bertz CT molecular complexity index is 996. The fourth-order valence-corrected chi connectivity index (χ4v) is 3.12. The molecule has 0 amide bonds. The zero-order valence-electron chi connectivity index (χ0n) is 16.8. The van der Waals surface area contributed by atoms with Gasteiger partial charge in [-0.05, 0) is 35.9 Å². The number of guanidine groups is 1. The summed E-state index contributed by atoms with van der Waals surface area (Å²) in [7, 11) is 1.75. The molecule has 3 aromatic rings. The third-order valence-electron chi connectivity index (χ3n) is 4.58. The van der Waals surface area contributed by atoms with E-state index in [0.717, 1.165) is 40.4 Å². The summed E-state index contributed by atoms with van der Waals surface area (Å²) in [6, 6.07) is 20.1. The minimum absolute atomic E-state index is 0. The number of fused-ring (bicyclic) bond motifs is 1. The van der Waals surface area contributed by atoms with Crippen molar-refractivity contribution in [3.63, 3.8) is 0 Å². The average Bonchev–Trinajstić information content (AvgIpc) is 3.02. The van der Waals surface area contributed by atoms with Crippen LogP contribution < -0.4 is 20.1 Å². The number of pyridine rings is 1. The second-order valence-electron chi connectivity index (χ2n) is 6.68. The van der Waals surface area contributed by atoms with Crippen molar-refractivity contribution in [1.29, 1.82) is 0 Å². The van der Waals surface area contributed by atoms with Crippen molar-refractivity contribution in [2.75, 3.05) is 25.6 Å². The number of aliphatic imine (C=N–C) groups is 1. The first-order chi connectivity index (χ1) is 14.3. The van der Waals surface area contributed by atoms with Gasteiger partial charge in [-0.15, -0.1) is 24.0 Å². The van der Waals surface area contributed by atoms with Crippen LogP contribution in [-0.4, -0.2) is 31.2 Å². The Hall–Kier alpha value is -2.81. The average molecular weight is 516 g/mol. The molecule has 0 saturated heterocycles. The normalized spacial score (nSPS) is 13.0. The zero-order valence-corrected chi connectivity index (χ0v) is 19.1. The highest BCUT2D eigenvalue weighted by atomic mass is 127. The summed E-state index contributed by atoms with van der Waals surface area (Å²) in [5, 5.41) is 6.66. The van der Waals surface area contributed by atoms with Crippen molar-refractivity contribution in [2.24, 2.45) is 4.99 Å². The monoisotopic (exact) mass is 516 g/mol. The number of hydrogen-bond acceptors (Lipinski definition) is 4. The van der Waals surface area contributed by atoms with Crippen LogP contribution in [0.3, 0.4) is 0 Å². The van der Waals surface area contributed by atoms with Crippen LogP contribution in [0.2, 0.25) is 0 Å². The molecule has 0 atom stereocenters. The van der Waals surface area contributed by atoms with Crippen LogP contribution in [-0.2, 0) is 6.54 Å². The van der Waals surface area contributed by atoms with Gasteiger partial charge in [-0.2, -0.15) is 0 Å². The van der Waals surface area contributed by atoms with Crippen molar-refractivity contribution in [3.05, 3.63) is 72.4 Å². The van der Waals surface area contributed by atoms with E-state index in [1.807, 2.05) is 42.5 Å². The first-order valence-electron chi connectivity index (χ1n) is 9.69. The third kappa shape index (κ3) is 5.63. The molecule has 7 heteroatoms. The van der Waals surface area contributed by atoms with E-state index in [1.165, 1.54) is 0 Å². The van der Waals surface area contributed by atoms with Crippen LogP contribution in [0, 0.1) is 0 Å². The summed E-state index contributed by atoms with van der Waals surface area (Å²) in [5.74, 6) is 2.22. The number of nitrogens with zero attached hydrogens (tertiary/aromatic N) is 2. The van der Waals surface area contributed by atoms with Gasteiger partial charge in [-0.25, -0.2) is 0 Å². The Morgan fingerprint density at radius 3 is 2.67 bits per heavy atom. The smallest absolute Gasteiger partial charge is 0.195 e. The summed E-state index contributed by atoms with van der Waals surface area (Å²) in [6.07, 6.45) is 2.69. The summed E-state index contributed by atoms with van der Waals surface area (Å²) in [6.45, 7) is 1.99. The van der Waals surface area contributed by atoms with E-state index in [-0.39, 0.29) is 24.0 Å². The minimum Gasteiger partial charge on any atom is -0.490 e. The van der Waals surface area contributed by atoms with Crippen LogP contribution in [0.5, 0.6) is 11.5 Å². The van der Waals surface area contributed by atoms with Gasteiger partial charge in [0.1, 0.15) is 0 Å². The van der Waals surface area contributed by atoms with Gasteiger partial charge in [0, 0.05) is 43.5 Å². The van der Waals surface area contributed by atoms with Crippen molar-refractivity contribution in [1.82, 2.24) is 10.3 Å². The van der Waals surface area contributed by atoms with Crippen LogP contribution in [0.1, 0.15) is 12.0 Å². The molecule has 4 rings (SSSR count). The van der Waals surface area contributed by atoms with Gasteiger partial charge in [-0.1, -0.05) is 24.3 Å². The molecule has 0 radical (unpaired) electrons. The summed E-state index contributed by atoms with van der Waals surface area (Å²) < 4.78 is 11.4.